The third-order valence-electron chi connectivity index (χ3n) is 3.72. The van der Waals surface area contributed by atoms with Crippen molar-refractivity contribution < 1.29 is 13.2 Å². The van der Waals surface area contributed by atoms with E-state index in [1.807, 2.05) is 15.7 Å². The molecule has 2 rings (SSSR count). The van der Waals surface area contributed by atoms with Crippen LogP contribution >= 0.6 is 0 Å². The summed E-state index contributed by atoms with van der Waals surface area (Å²) in [6.07, 6.45) is 8.08. The number of hydrogen-bond acceptors (Lipinski definition) is 4. The second-order valence-corrected chi connectivity index (χ2v) is 7.31. The lowest BCUT2D eigenvalue weighted by atomic mass is 9.97. The van der Waals surface area contributed by atoms with Crippen LogP contribution in [0.25, 0.3) is 0 Å². The number of carbonyl (C=O) groups excluding carboxylic acids is 1. The number of aromatic nitrogens is 2. The first-order valence-electron chi connectivity index (χ1n) is 7.18. The molecule has 1 aliphatic heterocycles. The molecular formula is C13H22N4O3S. The minimum atomic E-state index is -3.48. The van der Waals surface area contributed by atoms with Gasteiger partial charge in [-0.25, -0.2) is 18.5 Å². The molecule has 0 radical (unpaired) electrons. The lowest BCUT2D eigenvalue weighted by Crippen LogP contribution is -2.41. The van der Waals surface area contributed by atoms with Gasteiger partial charge in [-0.2, -0.15) is 0 Å². The van der Waals surface area contributed by atoms with Crippen molar-refractivity contribution >= 4 is 15.9 Å². The Labute approximate surface area is 125 Å². The maximum absolute atomic E-state index is 12.1. The lowest BCUT2D eigenvalue weighted by Gasteiger charge is -2.33. The summed E-state index contributed by atoms with van der Waals surface area (Å²) in [5, 5.41) is 4.94. The first kappa shape index (κ1) is 16.0. The van der Waals surface area contributed by atoms with Gasteiger partial charge >= 0.3 is 0 Å². The Morgan fingerprint density at radius 1 is 1.43 bits per heavy atom. The number of nitrogens with two attached hydrogens (primary N) is 1. The molecule has 0 aromatic carbocycles. The Morgan fingerprint density at radius 2 is 2.24 bits per heavy atom. The lowest BCUT2D eigenvalue weighted by molar-refractivity contribution is -0.133. The molecule has 1 aromatic heterocycles. The molecular weight excluding hydrogens is 292 g/mol. The highest BCUT2D eigenvalue weighted by Gasteiger charge is 2.23. The summed E-state index contributed by atoms with van der Waals surface area (Å²) < 4.78 is 23.8. The summed E-state index contributed by atoms with van der Waals surface area (Å²) in [7, 11) is -3.48. The second kappa shape index (κ2) is 7.04. The van der Waals surface area contributed by atoms with Gasteiger partial charge in [0.1, 0.15) is 0 Å². The molecule has 2 heterocycles. The molecule has 0 spiro atoms. The summed E-state index contributed by atoms with van der Waals surface area (Å²) >= 11 is 0. The summed E-state index contributed by atoms with van der Waals surface area (Å²) in [6, 6.07) is 0. The van der Waals surface area contributed by atoms with Crippen LogP contribution in [0.3, 0.4) is 0 Å². The van der Waals surface area contributed by atoms with Gasteiger partial charge in [-0.1, -0.05) is 0 Å². The number of piperidine rings is 1. The number of hydrogen-bond donors (Lipinski definition) is 1. The van der Waals surface area contributed by atoms with E-state index in [2.05, 4.69) is 4.98 Å². The second-order valence-electron chi connectivity index (χ2n) is 5.58. The molecule has 8 heteroatoms. The SMILES string of the molecule is NS(=O)(=O)CCCC(=O)N1CCC[C@@H](Cn2ccnc2)C1. The monoisotopic (exact) mass is 314 g/mol. The largest absolute Gasteiger partial charge is 0.342 e. The van der Waals surface area contributed by atoms with Gasteiger partial charge in [0.2, 0.25) is 15.9 Å². The van der Waals surface area contributed by atoms with Crippen LogP contribution in [0.15, 0.2) is 18.7 Å². The minimum Gasteiger partial charge on any atom is -0.342 e. The summed E-state index contributed by atoms with van der Waals surface area (Å²) in [5.41, 5.74) is 0. The van der Waals surface area contributed by atoms with Crippen LogP contribution in [-0.2, 0) is 21.4 Å². The number of carbonyl (C=O) groups is 1. The van der Waals surface area contributed by atoms with Crippen LogP contribution in [0, 0.1) is 5.92 Å². The van der Waals surface area contributed by atoms with Crippen molar-refractivity contribution in [3.8, 4) is 0 Å². The number of imidazole rings is 1. The van der Waals surface area contributed by atoms with E-state index in [4.69, 9.17) is 5.14 Å². The topological polar surface area (TPSA) is 98.3 Å². The predicted molar refractivity (Wildman–Crippen MR) is 78.7 cm³/mol. The predicted octanol–water partition coefficient (Wildman–Crippen LogP) is 0.190. The maximum atomic E-state index is 12.1. The van der Waals surface area contributed by atoms with Crippen molar-refractivity contribution in [2.45, 2.75) is 32.2 Å². The number of sulfonamides is 1. The fourth-order valence-electron chi connectivity index (χ4n) is 2.72. The molecule has 1 aliphatic rings. The van der Waals surface area contributed by atoms with Crippen molar-refractivity contribution in [2.24, 2.45) is 11.1 Å². The van der Waals surface area contributed by atoms with Crippen molar-refractivity contribution in [1.29, 1.82) is 0 Å². The molecule has 0 aliphatic carbocycles. The number of likely N-dealkylation sites (tertiary alicyclic amines) is 1. The first-order chi connectivity index (χ1) is 9.94. The van der Waals surface area contributed by atoms with E-state index in [1.165, 1.54) is 0 Å². The minimum absolute atomic E-state index is 0.0222. The quantitative estimate of drug-likeness (QED) is 0.810. The highest BCUT2D eigenvalue weighted by Crippen LogP contribution is 2.19. The molecule has 1 saturated heterocycles. The Bertz CT molecular complexity index is 556. The van der Waals surface area contributed by atoms with E-state index < -0.39 is 10.0 Å². The number of primary sulfonamides is 1. The summed E-state index contributed by atoms with van der Waals surface area (Å²) in [5.74, 6) is 0.314. The fourth-order valence-corrected chi connectivity index (χ4v) is 3.26. The van der Waals surface area contributed by atoms with Crippen molar-refractivity contribution in [1.82, 2.24) is 14.5 Å². The van der Waals surface area contributed by atoms with E-state index in [0.717, 1.165) is 32.5 Å². The fraction of sp³-hybridized carbons (Fsp3) is 0.692. The average Bonchev–Trinajstić information content (AvgIpc) is 2.90. The number of rotatable bonds is 6. The van der Waals surface area contributed by atoms with Crippen LogP contribution < -0.4 is 5.14 Å². The van der Waals surface area contributed by atoms with Gasteiger partial charge in [0.15, 0.2) is 0 Å². The Kier molecular flexibility index (Phi) is 5.35. The Balaban J connectivity index is 1.78. The maximum Gasteiger partial charge on any atom is 0.222 e. The average molecular weight is 314 g/mol. The zero-order chi connectivity index (χ0) is 15.3. The van der Waals surface area contributed by atoms with Crippen LogP contribution in [-0.4, -0.2) is 47.6 Å². The smallest absolute Gasteiger partial charge is 0.222 e. The molecule has 0 bridgehead atoms. The third-order valence-corrected chi connectivity index (χ3v) is 4.58. The molecule has 0 unspecified atom stereocenters. The summed E-state index contributed by atoms with van der Waals surface area (Å²) in [4.78, 5) is 18.0. The van der Waals surface area contributed by atoms with Crippen molar-refractivity contribution in [3.63, 3.8) is 0 Å². The van der Waals surface area contributed by atoms with E-state index in [9.17, 15) is 13.2 Å². The molecule has 1 atom stereocenters. The molecule has 2 N–H and O–H groups in total. The molecule has 1 fully saturated rings. The van der Waals surface area contributed by atoms with Gasteiger partial charge in [-0.3, -0.25) is 4.79 Å². The normalized spacial score (nSPS) is 19.7. The molecule has 7 nitrogen and oxygen atoms in total. The van der Waals surface area contributed by atoms with Gasteiger partial charge in [-0.05, 0) is 25.2 Å². The molecule has 21 heavy (non-hydrogen) atoms. The highest BCUT2D eigenvalue weighted by molar-refractivity contribution is 7.89. The van der Waals surface area contributed by atoms with E-state index in [1.54, 1.807) is 12.5 Å². The Hall–Kier alpha value is -1.41. The van der Waals surface area contributed by atoms with E-state index >= 15 is 0 Å². The highest BCUT2D eigenvalue weighted by atomic mass is 32.2. The Morgan fingerprint density at radius 3 is 2.90 bits per heavy atom. The van der Waals surface area contributed by atoms with Crippen LogP contribution in [0.5, 0.6) is 0 Å². The third kappa shape index (κ3) is 5.47. The zero-order valence-corrected chi connectivity index (χ0v) is 12.8. The molecule has 1 amide bonds. The number of nitrogens with zero attached hydrogens (tertiary/aromatic N) is 3. The molecule has 0 saturated carbocycles. The van der Waals surface area contributed by atoms with Crippen LogP contribution in [0.1, 0.15) is 25.7 Å². The van der Waals surface area contributed by atoms with Crippen molar-refractivity contribution in [3.05, 3.63) is 18.7 Å². The van der Waals surface area contributed by atoms with Gasteiger partial charge in [0.05, 0.1) is 12.1 Å². The first-order valence-corrected chi connectivity index (χ1v) is 8.89. The standard InChI is InChI=1S/C13H22N4O3S/c14-21(19,20)8-2-4-13(18)17-6-1-3-12(10-17)9-16-7-5-15-11-16/h5,7,11-12H,1-4,6,8-10H2,(H2,14,19,20)/t12-/m0/s1. The van der Waals surface area contributed by atoms with Gasteiger partial charge in [0, 0.05) is 38.4 Å². The van der Waals surface area contributed by atoms with Crippen molar-refractivity contribution in [2.75, 3.05) is 18.8 Å². The molecule has 118 valence electrons. The van der Waals surface area contributed by atoms with Crippen LogP contribution in [0.2, 0.25) is 0 Å². The van der Waals surface area contributed by atoms with Gasteiger partial charge in [0.25, 0.3) is 0 Å². The summed E-state index contributed by atoms with van der Waals surface area (Å²) in [6.45, 7) is 2.35. The van der Waals surface area contributed by atoms with E-state index in [-0.39, 0.29) is 18.1 Å². The van der Waals surface area contributed by atoms with Gasteiger partial charge < -0.3 is 9.47 Å². The van der Waals surface area contributed by atoms with E-state index in [0.29, 0.717) is 12.3 Å². The molecule has 1 aromatic rings. The van der Waals surface area contributed by atoms with Gasteiger partial charge in [-0.15, -0.1) is 0 Å². The van der Waals surface area contributed by atoms with Crippen LogP contribution in [0.4, 0.5) is 0 Å². The number of amides is 1. The zero-order valence-electron chi connectivity index (χ0n) is 12.0.